The molecular weight excluding hydrogens is 221 g/mol. The van der Waals surface area contributed by atoms with Gasteiger partial charge in [-0.15, -0.1) is 0 Å². The number of hydrogen-bond donors (Lipinski definition) is 1. The predicted octanol–water partition coefficient (Wildman–Crippen LogP) is 1.30. The Labute approximate surface area is 99.7 Å². The van der Waals surface area contributed by atoms with Gasteiger partial charge in [0.25, 0.3) is 0 Å². The summed E-state index contributed by atoms with van der Waals surface area (Å²) in [4.78, 5) is 0. The number of halogens is 1. The minimum absolute atomic E-state index is 0.0235. The van der Waals surface area contributed by atoms with Crippen LogP contribution in [0.15, 0.2) is 18.2 Å². The summed E-state index contributed by atoms with van der Waals surface area (Å²) in [5, 5.41) is 0. The van der Waals surface area contributed by atoms with Crippen molar-refractivity contribution in [2.75, 3.05) is 19.8 Å². The van der Waals surface area contributed by atoms with Crippen molar-refractivity contribution in [2.24, 2.45) is 5.73 Å². The summed E-state index contributed by atoms with van der Waals surface area (Å²) in [6, 6.07) is 4.66. The molecule has 0 aliphatic carbocycles. The van der Waals surface area contributed by atoms with E-state index in [1.54, 1.807) is 12.1 Å². The maximum Gasteiger partial charge on any atom is 0.142 e. The van der Waals surface area contributed by atoms with Crippen molar-refractivity contribution in [2.45, 2.75) is 12.5 Å². The lowest BCUT2D eigenvalue weighted by atomic mass is 10.2. The third-order valence-electron chi connectivity index (χ3n) is 2.46. The van der Waals surface area contributed by atoms with E-state index in [1.807, 2.05) is 0 Å². The van der Waals surface area contributed by atoms with E-state index >= 15 is 0 Å². The Bertz CT molecular complexity index is 444. The van der Waals surface area contributed by atoms with E-state index in [-0.39, 0.29) is 18.5 Å². The first-order valence-corrected chi connectivity index (χ1v) is 5.52. The first kappa shape index (κ1) is 11.9. The highest BCUT2D eigenvalue weighted by Gasteiger charge is 2.17. The summed E-state index contributed by atoms with van der Waals surface area (Å²) in [5.41, 5.74) is 5.57. The summed E-state index contributed by atoms with van der Waals surface area (Å²) in [7, 11) is 0. The molecule has 4 heteroatoms. The first-order valence-electron chi connectivity index (χ1n) is 5.52. The van der Waals surface area contributed by atoms with Gasteiger partial charge in [0.15, 0.2) is 0 Å². The summed E-state index contributed by atoms with van der Waals surface area (Å²) < 4.78 is 24.4. The largest absolute Gasteiger partial charge is 0.488 e. The number of rotatable bonds is 2. The van der Waals surface area contributed by atoms with Gasteiger partial charge in [0, 0.05) is 12.5 Å². The molecule has 0 aromatic heterocycles. The molecular formula is C13H14FNO2. The lowest BCUT2D eigenvalue weighted by Gasteiger charge is -2.11. The van der Waals surface area contributed by atoms with Crippen LogP contribution in [0.2, 0.25) is 0 Å². The van der Waals surface area contributed by atoms with Crippen LogP contribution in [0.4, 0.5) is 4.39 Å². The average molecular weight is 235 g/mol. The number of benzene rings is 1. The van der Waals surface area contributed by atoms with Crippen LogP contribution in [0.25, 0.3) is 0 Å². The van der Waals surface area contributed by atoms with Crippen molar-refractivity contribution in [3.8, 4) is 17.6 Å². The Morgan fingerprint density at radius 3 is 3.06 bits per heavy atom. The zero-order valence-corrected chi connectivity index (χ0v) is 9.41. The number of hydrogen-bond acceptors (Lipinski definition) is 3. The van der Waals surface area contributed by atoms with Crippen LogP contribution in [-0.4, -0.2) is 25.9 Å². The van der Waals surface area contributed by atoms with Gasteiger partial charge < -0.3 is 15.2 Å². The molecule has 1 heterocycles. The Morgan fingerprint density at radius 2 is 2.41 bits per heavy atom. The van der Waals surface area contributed by atoms with Crippen LogP contribution < -0.4 is 10.5 Å². The van der Waals surface area contributed by atoms with Crippen molar-refractivity contribution >= 4 is 0 Å². The SMILES string of the molecule is NCC#Cc1ccc(OC2CCOC2)cc1F. The van der Waals surface area contributed by atoms with Gasteiger partial charge in [-0.3, -0.25) is 0 Å². The normalized spacial score (nSPS) is 18.6. The molecule has 90 valence electrons. The van der Waals surface area contributed by atoms with Crippen LogP contribution in [0.5, 0.6) is 5.75 Å². The Hall–Kier alpha value is -1.57. The molecule has 1 saturated heterocycles. The molecule has 0 amide bonds. The van der Waals surface area contributed by atoms with Crippen molar-refractivity contribution in [3.63, 3.8) is 0 Å². The molecule has 3 nitrogen and oxygen atoms in total. The predicted molar refractivity (Wildman–Crippen MR) is 62.2 cm³/mol. The van der Waals surface area contributed by atoms with Gasteiger partial charge in [-0.25, -0.2) is 4.39 Å². The van der Waals surface area contributed by atoms with Crippen LogP contribution >= 0.6 is 0 Å². The molecule has 0 radical (unpaired) electrons. The van der Waals surface area contributed by atoms with Crippen LogP contribution in [0.3, 0.4) is 0 Å². The molecule has 1 aromatic rings. The van der Waals surface area contributed by atoms with Crippen LogP contribution in [0, 0.1) is 17.7 Å². The number of nitrogens with two attached hydrogens (primary N) is 1. The smallest absolute Gasteiger partial charge is 0.142 e. The minimum atomic E-state index is -0.387. The van der Waals surface area contributed by atoms with Gasteiger partial charge in [0.2, 0.25) is 0 Å². The lowest BCUT2D eigenvalue weighted by molar-refractivity contribution is 0.141. The standard InChI is InChI=1S/C13H14FNO2/c14-13-8-11(17-12-5-7-16-9-12)4-3-10(13)2-1-6-15/h3-4,8,12H,5-7,9,15H2. The average Bonchev–Trinajstić information content (AvgIpc) is 2.81. The summed E-state index contributed by atoms with van der Waals surface area (Å²) >= 11 is 0. The molecule has 0 bridgehead atoms. The molecule has 1 aliphatic heterocycles. The van der Waals surface area contributed by atoms with E-state index in [0.29, 0.717) is 24.5 Å². The van der Waals surface area contributed by atoms with Gasteiger partial charge in [-0.05, 0) is 12.1 Å². The van der Waals surface area contributed by atoms with Crippen molar-refractivity contribution in [1.82, 2.24) is 0 Å². The van der Waals surface area contributed by atoms with Gasteiger partial charge in [0.1, 0.15) is 17.7 Å². The van der Waals surface area contributed by atoms with Crippen LogP contribution in [0.1, 0.15) is 12.0 Å². The van der Waals surface area contributed by atoms with E-state index in [1.165, 1.54) is 6.07 Å². The highest BCUT2D eigenvalue weighted by atomic mass is 19.1. The van der Waals surface area contributed by atoms with Crippen molar-refractivity contribution < 1.29 is 13.9 Å². The van der Waals surface area contributed by atoms with Gasteiger partial charge in [0.05, 0.1) is 25.3 Å². The second-order valence-corrected chi connectivity index (χ2v) is 3.75. The molecule has 0 spiro atoms. The maximum atomic E-state index is 13.6. The highest BCUT2D eigenvalue weighted by molar-refractivity contribution is 5.39. The first-order chi connectivity index (χ1) is 8.29. The van der Waals surface area contributed by atoms with Gasteiger partial charge in [-0.1, -0.05) is 11.8 Å². The van der Waals surface area contributed by atoms with E-state index in [0.717, 1.165) is 6.42 Å². The lowest BCUT2D eigenvalue weighted by Crippen LogP contribution is -2.15. The zero-order valence-electron chi connectivity index (χ0n) is 9.41. The van der Waals surface area contributed by atoms with Crippen LogP contribution in [-0.2, 0) is 4.74 Å². The summed E-state index contributed by atoms with van der Waals surface area (Å²) in [6.45, 7) is 1.49. The summed E-state index contributed by atoms with van der Waals surface area (Å²) in [6.07, 6.45) is 0.867. The maximum absolute atomic E-state index is 13.6. The third kappa shape index (κ3) is 3.19. The highest BCUT2D eigenvalue weighted by Crippen LogP contribution is 2.19. The monoisotopic (exact) mass is 235 g/mol. The van der Waals surface area contributed by atoms with Crippen molar-refractivity contribution in [1.29, 1.82) is 0 Å². The van der Waals surface area contributed by atoms with E-state index in [9.17, 15) is 4.39 Å². The third-order valence-corrected chi connectivity index (χ3v) is 2.46. The molecule has 1 aliphatic rings. The minimum Gasteiger partial charge on any atom is -0.488 e. The molecule has 17 heavy (non-hydrogen) atoms. The fraction of sp³-hybridized carbons (Fsp3) is 0.385. The Kier molecular flexibility index (Phi) is 3.97. The zero-order chi connectivity index (χ0) is 12.1. The Morgan fingerprint density at radius 1 is 1.53 bits per heavy atom. The van der Waals surface area contributed by atoms with Gasteiger partial charge in [-0.2, -0.15) is 0 Å². The molecule has 1 aromatic carbocycles. The molecule has 1 unspecified atom stereocenters. The topological polar surface area (TPSA) is 44.5 Å². The van der Waals surface area contributed by atoms with E-state index in [2.05, 4.69) is 11.8 Å². The van der Waals surface area contributed by atoms with Crippen molar-refractivity contribution in [3.05, 3.63) is 29.6 Å². The molecule has 2 N–H and O–H groups in total. The second-order valence-electron chi connectivity index (χ2n) is 3.75. The fourth-order valence-electron chi connectivity index (χ4n) is 1.62. The Balaban J connectivity index is 2.07. The van der Waals surface area contributed by atoms with E-state index in [4.69, 9.17) is 15.2 Å². The molecule has 1 atom stereocenters. The molecule has 2 rings (SSSR count). The number of ether oxygens (including phenoxy) is 2. The van der Waals surface area contributed by atoms with E-state index < -0.39 is 0 Å². The quantitative estimate of drug-likeness (QED) is 0.786. The molecule has 0 saturated carbocycles. The summed E-state index contributed by atoms with van der Waals surface area (Å²) in [5.74, 6) is 5.40. The fourth-order valence-corrected chi connectivity index (χ4v) is 1.62. The second kappa shape index (κ2) is 5.67. The molecule has 1 fully saturated rings. The van der Waals surface area contributed by atoms with Gasteiger partial charge >= 0.3 is 0 Å².